The zero-order chi connectivity index (χ0) is 27.4. The molecule has 0 spiro atoms. The van der Waals surface area contributed by atoms with E-state index in [4.69, 9.17) is 14.2 Å². The Kier molecular flexibility index (Phi) is 8.53. The van der Waals surface area contributed by atoms with Crippen molar-refractivity contribution in [3.05, 3.63) is 84.5 Å². The number of allylic oxidation sites excluding steroid dienone is 1. The van der Waals surface area contributed by atoms with Crippen LogP contribution in [0.25, 0.3) is 6.08 Å². The number of carbonyl (C=O) groups excluding carboxylic acids is 2. The largest absolute Gasteiger partial charge is 0.490 e. The van der Waals surface area contributed by atoms with Gasteiger partial charge in [0, 0.05) is 11.8 Å². The first-order valence-electron chi connectivity index (χ1n) is 12.1. The lowest BCUT2D eigenvalue weighted by Gasteiger charge is -2.24. The third-order valence-corrected chi connectivity index (χ3v) is 7.49. The van der Waals surface area contributed by atoms with Crippen LogP contribution in [0.2, 0.25) is 0 Å². The van der Waals surface area contributed by atoms with Gasteiger partial charge in [0.15, 0.2) is 16.3 Å². The number of nitrogens with zero attached hydrogens (tertiary/aromatic N) is 2. The molecule has 0 amide bonds. The van der Waals surface area contributed by atoms with Gasteiger partial charge in [-0.15, -0.1) is 11.8 Å². The number of carbonyl (C=O) groups is 2. The van der Waals surface area contributed by atoms with Crippen LogP contribution in [0.1, 0.15) is 44.9 Å². The molecule has 0 saturated carbocycles. The van der Waals surface area contributed by atoms with E-state index in [-0.39, 0.29) is 12.2 Å². The molecule has 3 aromatic rings. The number of esters is 2. The summed E-state index contributed by atoms with van der Waals surface area (Å²) in [6.07, 6.45) is 3.73. The van der Waals surface area contributed by atoms with Gasteiger partial charge in [0.25, 0.3) is 5.56 Å². The Morgan fingerprint density at radius 3 is 2.47 bits per heavy atom. The summed E-state index contributed by atoms with van der Waals surface area (Å²) < 4.78 is 18.2. The summed E-state index contributed by atoms with van der Waals surface area (Å²) >= 11 is 2.85. The van der Waals surface area contributed by atoms with E-state index in [1.807, 2.05) is 37.4 Å². The number of thiazole rings is 1. The van der Waals surface area contributed by atoms with Crippen molar-refractivity contribution in [3.8, 4) is 11.5 Å². The highest BCUT2D eigenvalue weighted by Gasteiger charge is 2.33. The van der Waals surface area contributed by atoms with Crippen LogP contribution in [0.5, 0.6) is 11.5 Å². The monoisotopic (exact) mass is 552 g/mol. The molecule has 10 heteroatoms. The van der Waals surface area contributed by atoms with Gasteiger partial charge in [0.2, 0.25) is 0 Å². The van der Waals surface area contributed by atoms with Gasteiger partial charge in [-0.2, -0.15) is 0 Å². The summed E-state index contributed by atoms with van der Waals surface area (Å²) in [7, 11) is 0. The fraction of sp³-hybridized carbons (Fsp3) is 0.286. The van der Waals surface area contributed by atoms with Crippen molar-refractivity contribution >= 4 is 41.1 Å². The lowest BCUT2D eigenvalue weighted by molar-refractivity contribution is -0.139. The first kappa shape index (κ1) is 27.4. The maximum absolute atomic E-state index is 13.8. The van der Waals surface area contributed by atoms with E-state index in [1.54, 1.807) is 54.5 Å². The molecule has 2 heterocycles. The van der Waals surface area contributed by atoms with Crippen molar-refractivity contribution in [1.29, 1.82) is 0 Å². The van der Waals surface area contributed by atoms with E-state index in [9.17, 15) is 14.4 Å². The Balaban J connectivity index is 1.88. The quantitative estimate of drug-likeness (QED) is 0.238. The number of thioether (sulfide) groups is 1. The van der Waals surface area contributed by atoms with E-state index in [1.165, 1.54) is 18.3 Å². The molecule has 1 aliphatic rings. The molecule has 0 aliphatic carbocycles. The van der Waals surface area contributed by atoms with E-state index in [2.05, 4.69) is 4.99 Å². The predicted molar refractivity (Wildman–Crippen MR) is 148 cm³/mol. The highest BCUT2D eigenvalue weighted by atomic mass is 32.2. The molecule has 0 fully saturated rings. The molecule has 4 rings (SSSR count). The second-order valence-corrected chi connectivity index (χ2v) is 10.2. The van der Waals surface area contributed by atoms with Crippen molar-refractivity contribution in [2.45, 2.75) is 38.6 Å². The lowest BCUT2D eigenvalue weighted by atomic mass is 9.96. The van der Waals surface area contributed by atoms with Crippen molar-refractivity contribution in [3.63, 3.8) is 0 Å². The SMILES string of the molecule is CCOC(=O)C1=C(C)N=c2s/c(=C\c3ccc(OC(C)=O)c(OCC)c3)c(=O)n2[C@@H]1c1ccc(SC)cc1. The van der Waals surface area contributed by atoms with Crippen LogP contribution in [-0.4, -0.2) is 36.0 Å². The summed E-state index contributed by atoms with van der Waals surface area (Å²) in [4.78, 5) is 44.4. The van der Waals surface area contributed by atoms with Gasteiger partial charge in [-0.1, -0.05) is 29.5 Å². The first-order chi connectivity index (χ1) is 18.3. The van der Waals surface area contributed by atoms with Crippen molar-refractivity contribution in [2.75, 3.05) is 19.5 Å². The number of hydrogen-bond donors (Lipinski definition) is 0. The van der Waals surface area contributed by atoms with E-state index in [0.29, 0.717) is 44.3 Å². The number of benzene rings is 2. The molecular formula is C28H28N2O6S2. The van der Waals surface area contributed by atoms with Gasteiger partial charge in [0.1, 0.15) is 0 Å². The topological polar surface area (TPSA) is 96.2 Å². The molecular weight excluding hydrogens is 524 g/mol. The summed E-state index contributed by atoms with van der Waals surface area (Å²) in [5.41, 5.74) is 2.06. The van der Waals surface area contributed by atoms with Crippen LogP contribution in [0, 0.1) is 0 Å². The van der Waals surface area contributed by atoms with Gasteiger partial charge in [-0.05, 0) is 68.5 Å². The standard InChI is InChI=1S/C28H28N2O6S2/c1-6-34-22-14-18(8-13-21(22)36-17(4)31)15-23-26(32)30-25(19-9-11-20(37-5)12-10-19)24(27(33)35-7-2)16(3)29-28(30)38-23/h8-15,25H,6-7H2,1-5H3/b23-15-/t25-/m1/s1. The van der Waals surface area contributed by atoms with Crippen LogP contribution in [0.15, 0.2) is 68.4 Å². The minimum atomic E-state index is -0.673. The summed E-state index contributed by atoms with van der Waals surface area (Å²) in [5.74, 6) is -0.243. The normalized spacial score (nSPS) is 15.1. The first-order valence-corrected chi connectivity index (χ1v) is 14.1. The Labute approximate surface area is 228 Å². The molecule has 38 heavy (non-hydrogen) atoms. The fourth-order valence-corrected chi connectivity index (χ4v) is 5.62. The summed E-state index contributed by atoms with van der Waals surface area (Å²) in [5, 5.41) is 0. The van der Waals surface area contributed by atoms with Gasteiger partial charge in [0.05, 0.1) is 35.1 Å². The van der Waals surface area contributed by atoms with Crippen LogP contribution in [0.4, 0.5) is 0 Å². The van der Waals surface area contributed by atoms with Crippen LogP contribution >= 0.6 is 23.1 Å². The zero-order valence-corrected chi connectivity index (χ0v) is 23.4. The van der Waals surface area contributed by atoms with E-state index >= 15 is 0 Å². The molecule has 0 N–H and O–H groups in total. The minimum Gasteiger partial charge on any atom is -0.490 e. The highest BCUT2D eigenvalue weighted by Crippen LogP contribution is 2.32. The predicted octanol–water partition coefficient (Wildman–Crippen LogP) is 3.84. The average Bonchev–Trinajstić information content (AvgIpc) is 3.19. The second-order valence-electron chi connectivity index (χ2n) is 8.31. The van der Waals surface area contributed by atoms with Crippen LogP contribution < -0.4 is 24.4 Å². The van der Waals surface area contributed by atoms with Gasteiger partial charge in [-0.3, -0.25) is 14.2 Å². The summed E-state index contributed by atoms with van der Waals surface area (Å²) in [6.45, 7) is 7.25. The van der Waals surface area contributed by atoms with Crippen LogP contribution in [-0.2, 0) is 14.3 Å². The van der Waals surface area contributed by atoms with Crippen molar-refractivity contribution in [2.24, 2.45) is 4.99 Å². The zero-order valence-electron chi connectivity index (χ0n) is 21.8. The van der Waals surface area contributed by atoms with Gasteiger partial charge in [-0.25, -0.2) is 9.79 Å². The molecule has 1 aliphatic heterocycles. The lowest BCUT2D eigenvalue weighted by Crippen LogP contribution is -2.39. The Morgan fingerprint density at radius 1 is 1.11 bits per heavy atom. The Morgan fingerprint density at radius 2 is 1.84 bits per heavy atom. The molecule has 1 aromatic heterocycles. The van der Waals surface area contributed by atoms with E-state index < -0.39 is 18.0 Å². The van der Waals surface area contributed by atoms with Crippen molar-refractivity contribution < 1.29 is 23.8 Å². The molecule has 2 aromatic carbocycles. The molecule has 8 nitrogen and oxygen atoms in total. The smallest absolute Gasteiger partial charge is 0.338 e. The summed E-state index contributed by atoms with van der Waals surface area (Å²) in [6, 6.07) is 12.2. The minimum absolute atomic E-state index is 0.212. The molecule has 0 radical (unpaired) electrons. The van der Waals surface area contributed by atoms with E-state index in [0.717, 1.165) is 10.5 Å². The molecule has 198 valence electrons. The maximum Gasteiger partial charge on any atom is 0.338 e. The third-order valence-electron chi connectivity index (χ3n) is 5.77. The highest BCUT2D eigenvalue weighted by molar-refractivity contribution is 7.98. The van der Waals surface area contributed by atoms with Gasteiger partial charge >= 0.3 is 11.9 Å². The van der Waals surface area contributed by atoms with Crippen molar-refractivity contribution in [1.82, 2.24) is 4.57 Å². The number of rotatable bonds is 8. The average molecular weight is 553 g/mol. The number of hydrogen-bond acceptors (Lipinski definition) is 9. The fourth-order valence-electron chi connectivity index (χ4n) is 4.17. The van der Waals surface area contributed by atoms with Crippen LogP contribution in [0.3, 0.4) is 0 Å². The molecule has 0 bridgehead atoms. The number of fused-ring (bicyclic) bond motifs is 1. The Hall–Kier alpha value is -3.63. The maximum atomic E-state index is 13.8. The Bertz CT molecular complexity index is 1580. The number of ether oxygens (including phenoxy) is 3. The molecule has 0 unspecified atom stereocenters. The van der Waals surface area contributed by atoms with Gasteiger partial charge < -0.3 is 14.2 Å². The second kappa shape index (κ2) is 11.8. The third kappa shape index (κ3) is 5.61. The molecule has 0 saturated heterocycles. The molecule has 1 atom stereocenters. The number of aromatic nitrogens is 1.